The van der Waals surface area contributed by atoms with Crippen LogP contribution in [0.5, 0.6) is 0 Å². The zero-order valence-electron chi connectivity index (χ0n) is 8.95. The molecule has 0 spiro atoms. The van der Waals surface area contributed by atoms with Crippen LogP contribution in [0.3, 0.4) is 0 Å². The predicted molar refractivity (Wildman–Crippen MR) is 57.1 cm³/mol. The largest absolute Gasteiger partial charge is 0.337 e. The van der Waals surface area contributed by atoms with Gasteiger partial charge in [-0.25, -0.2) is 18.1 Å². The Hall–Kier alpha value is -1.57. The lowest BCUT2D eigenvalue weighted by atomic mass is 10.7. The Morgan fingerprint density at radius 2 is 2.38 bits per heavy atom. The molecule has 1 heterocycles. The average Bonchev–Trinajstić information content (AvgIpc) is 2.55. The Morgan fingerprint density at radius 3 is 2.88 bits per heavy atom. The minimum Gasteiger partial charge on any atom is -0.337 e. The third-order valence-corrected chi connectivity index (χ3v) is 3.26. The van der Waals surface area contributed by atoms with Crippen molar-refractivity contribution in [1.29, 1.82) is 0 Å². The Balaban J connectivity index is 2.74. The maximum atomic E-state index is 11.6. The van der Waals surface area contributed by atoms with Crippen molar-refractivity contribution < 1.29 is 8.42 Å². The summed E-state index contributed by atoms with van der Waals surface area (Å²) in [6, 6.07) is 0. The lowest BCUT2D eigenvalue weighted by Crippen LogP contribution is -2.26. The van der Waals surface area contributed by atoms with Crippen LogP contribution in [0.1, 0.15) is 5.82 Å². The van der Waals surface area contributed by atoms with E-state index < -0.39 is 10.0 Å². The van der Waals surface area contributed by atoms with Crippen molar-refractivity contribution in [3.8, 4) is 0 Å². The fourth-order valence-corrected chi connectivity index (χ4v) is 2.06. The molecule has 1 N–H and O–H groups in total. The number of rotatable bonds is 5. The summed E-state index contributed by atoms with van der Waals surface area (Å²) in [4.78, 5) is 6.41. The normalized spacial score (nSPS) is 11.1. The lowest BCUT2D eigenvalue weighted by molar-refractivity contribution is 0.578. The molecular weight excluding hydrogens is 232 g/mol. The van der Waals surface area contributed by atoms with Crippen LogP contribution < -0.4 is 4.72 Å². The Bertz CT molecular complexity index is 493. The number of nitrogens with one attached hydrogen (secondary N) is 1. The first-order valence-electron chi connectivity index (χ1n) is 4.48. The molecule has 0 radical (unpaired) electrons. The molecule has 0 amide bonds. The zero-order valence-corrected chi connectivity index (χ0v) is 9.77. The fraction of sp³-hybridized carbons (Fsp3) is 0.571. The number of azide groups is 1. The van der Waals surface area contributed by atoms with Crippen molar-refractivity contribution >= 4 is 10.0 Å². The molecule has 1 rings (SSSR count). The van der Waals surface area contributed by atoms with Gasteiger partial charge in [0.15, 0.2) is 5.03 Å². The van der Waals surface area contributed by atoms with E-state index in [9.17, 15) is 8.42 Å². The van der Waals surface area contributed by atoms with Gasteiger partial charge in [-0.3, -0.25) is 0 Å². The van der Waals surface area contributed by atoms with Gasteiger partial charge in [-0.2, -0.15) is 0 Å². The van der Waals surface area contributed by atoms with E-state index in [0.29, 0.717) is 5.82 Å². The Labute approximate surface area is 93.0 Å². The summed E-state index contributed by atoms with van der Waals surface area (Å²) in [6.45, 7) is 1.84. The summed E-state index contributed by atoms with van der Waals surface area (Å²) in [7, 11) is -1.90. The highest BCUT2D eigenvalue weighted by atomic mass is 32.2. The second-order valence-corrected chi connectivity index (χ2v) is 4.80. The SMILES string of the molecule is Cc1nc(S(=O)(=O)NCCN=[N+]=[N-])cn1C. The number of aromatic nitrogens is 2. The number of aryl methyl sites for hydroxylation is 2. The molecule has 16 heavy (non-hydrogen) atoms. The van der Waals surface area contributed by atoms with Gasteiger partial charge in [-0.05, 0) is 12.5 Å². The molecule has 1 aromatic heterocycles. The molecule has 0 aliphatic carbocycles. The number of hydrogen-bond donors (Lipinski definition) is 1. The highest BCUT2D eigenvalue weighted by molar-refractivity contribution is 7.89. The second-order valence-electron chi connectivity index (χ2n) is 3.09. The zero-order chi connectivity index (χ0) is 12.2. The first kappa shape index (κ1) is 12.5. The summed E-state index contributed by atoms with van der Waals surface area (Å²) in [5.41, 5.74) is 8.02. The van der Waals surface area contributed by atoms with Gasteiger partial charge in [0, 0.05) is 31.2 Å². The van der Waals surface area contributed by atoms with E-state index in [2.05, 4.69) is 19.7 Å². The van der Waals surface area contributed by atoms with Crippen molar-refractivity contribution in [3.05, 3.63) is 22.5 Å². The van der Waals surface area contributed by atoms with E-state index in [0.717, 1.165) is 0 Å². The molecule has 0 fully saturated rings. The molecular formula is C7H12N6O2S. The molecule has 0 aromatic carbocycles. The summed E-state index contributed by atoms with van der Waals surface area (Å²) in [5.74, 6) is 0.607. The third kappa shape index (κ3) is 2.96. The van der Waals surface area contributed by atoms with Crippen LogP contribution in [0.4, 0.5) is 0 Å². The molecule has 0 saturated heterocycles. The van der Waals surface area contributed by atoms with Crippen molar-refractivity contribution in [2.45, 2.75) is 11.9 Å². The van der Waals surface area contributed by atoms with Gasteiger partial charge in [-0.1, -0.05) is 5.11 Å². The van der Waals surface area contributed by atoms with Crippen LogP contribution in [0.15, 0.2) is 16.3 Å². The van der Waals surface area contributed by atoms with E-state index in [4.69, 9.17) is 5.53 Å². The van der Waals surface area contributed by atoms with Gasteiger partial charge in [0.2, 0.25) is 0 Å². The van der Waals surface area contributed by atoms with E-state index >= 15 is 0 Å². The number of hydrogen-bond acceptors (Lipinski definition) is 4. The topological polar surface area (TPSA) is 113 Å². The molecule has 0 saturated carbocycles. The first-order valence-corrected chi connectivity index (χ1v) is 5.96. The number of nitrogens with zero attached hydrogens (tertiary/aromatic N) is 5. The van der Waals surface area contributed by atoms with E-state index in [1.54, 1.807) is 18.5 Å². The maximum Gasteiger partial charge on any atom is 0.259 e. The minimum atomic E-state index is -3.61. The van der Waals surface area contributed by atoms with Gasteiger partial charge in [0.25, 0.3) is 10.0 Å². The first-order chi connectivity index (χ1) is 7.47. The molecule has 0 bridgehead atoms. The molecule has 9 heteroatoms. The highest BCUT2D eigenvalue weighted by Gasteiger charge is 2.17. The number of imidazole rings is 1. The summed E-state index contributed by atoms with van der Waals surface area (Å²) in [5, 5.41) is 3.19. The van der Waals surface area contributed by atoms with E-state index in [1.165, 1.54) is 6.20 Å². The molecule has 0 aliphatic heterocycles. The Kier molecular flexibility index (Phi) is 3.88. The fourth-order valence-electron chi connectivity index (χ4n) is 1.00. The standard InChI is InChI=1S/C7H12N6O2S/c1-6-11-7(5-13(6)2)16(14,15)10-4-3-9-12-8/h5,10H,3-4H2,1-2H3. The quantitative estimate of drug-likeness (QED) is 0.348. The van der Waals surface area contributed by atoms with Crippen LogP contribution in [0, 0.1) is 6.92 Å². The van der Waals surface area contributed by atoms with Crippen LogP contribution >= 0.6 is 0 Å². The van der Waals surface area contributed by atoms with E-state index in [1.807, 2.05) is 0 Å². The third-order valence-electron chi connectivity index (χ3n) is 1.93. The molecule has 1 aromatic rings. The van der Waals surface area contributed by atoms with Gasteiger partial charge in [0.05, 0.1) is 0 Å². The second kappa shape index (κ2) is 4.97. The van der Waals surface area contributed by atoms with Crippen LogP contribution in [-0.2, 0) is 17.1 Å². The average molecular weight is 244 g/mol. The van der Waals surface area contributed by atoms with Crippen LogP contribution in [0.25, 0.3) is 10.4 Å². The molecule has 8 nitrogen and oxygen atoms in total. The van der Waals surface area contributed by atoms with Gasteiger partial charge in [0.1, 0.15) is 5.82 Å². The van der Waals surface area contributed by atoms with E-state index in [-0.39, 0.29) is 18.1 Å². The van der Waals surface area contributed by atoms with Crippen molar-refractivity contribution in [2.24, 2.45) is 12.2 Å². The minimum absolute atomic E-state index is 0.0339. The molecule has 88 valence electrons. The smallest absolute Gasteiger partial charge is 0.259 e. The van der Waals surface area contributed by atoms with Crippen molar-refractivity contribution in [1.82, 2.24) is 14.3 Å². The monoisotopic (exact) mass is 244 g/mol. The molecule has 0 aliphatic rings. The number of sulfonamides is 1. The van der Waals surface area contributed by atoms with Gasteiger partial charge in [-0.15, -0.1) is 0 Å². The maximum absolute atomic E-state index is 11.6. The summed E-state index contributed by atoms with van der Waals surface area (Å²) in [6.07, 6.45) is 1.42. The summed E-state index contributed by atoms with van der Waals surface area (Å²) >= 11 is 0. The molecule has 0 unspecified atom stereocenters. The predicted octanol–water partition coefficient (Wildman–Crippen LogP) is 0.317. The van der Waals surface area contributed by atoms with Crippen LogP contribution in [0.2, 0.25) is 0 Å². The van der Waals surface area contributed by atoms with Crippen LogP contribution in [-0.4, -0.2) is 31.1 Å². The van der Waals surface area contributed by atoms with Gasteiger partial charge >= 0.3 is 0 Å². The van der Waals surface area contributed by atoms with Crippen molar-refractivity contribution in [2.75, 3.05) is 13.1 Å². The lowest BCUT2D eigenvalue weighted by Gasteiger charge is -2.00. The van der Waals surface area contributed by atoms with Gasteiger partial charge < -0.3 is 4.57 Å². The Morgan fingerprint density at radius 1 is 1.69 bits per heavy atom. The highest BCUT2D eigenvalue weighted by Crippen LogP contribution is 2.06. The van der Waals surface area contributed by atoms with Crippen molar-refractivity contribution in [3.63, 3.8) is 0 Å². The molecule has 0 atom stereocenters. The summed E-state index contributed by atoms with van der Waals surface area (Å²) < 4.78 is 27.2.